The summed E-state index contributed by atoms with van der Waals surface area (Å²) in [6.07, 6.45) is 1.22. The minimum absolute atomic E-state index is 0.0375. The van der Waals surface area contributed by atoms with Crippen LogP contribution in [0.4, 0.5) is 11.5 Å². The van der Waals surface area contributed by atoms with Gasteiger partial charge >= 0.3 is 0 Å². The SMILES string of the molecule is CCOc1ccc(NC(=O)CS(=O)(=O)C(CC)C(=O)Nc2c(C#N)cnn2C)cc1. The highest BCUT2D eigenvalue weighted by Crippen LogP contribution is 2.18. The molecule has 1 heterocycles. The van der Waals surface area contributed by atoms with Crippen molar-refractivity contribution in [2.24, 2.45) is 7.05 Å². The summed E-state index contributed by atoms with van der Waals surface area (Å²) in [5, 5.41) is 16.4. The van der Waals surface area contributed by atoms with Gasteiger partial charge in [0.15, 0.2) is 9.84 Å². The minimum atomic E-state index is -4.10. The molecule has 0 saturated carbocycles. The van der Waals surface area contributed by atoms with Gasteiger partial charge in [0, 0.05) is 12.7 Å². The molecule has 0 bridgehead atoms. The molecule has 2 N–H and O–H groups in total. The standard InChI is InChI=1S/C19H23N5O5S/c1-4-16(19(26)23-18-13(10-20)11-21-24(18)3)30(27,28)12-17(25)22-14-6-8-15(9-7-14)29-5-2/h6-9,11,16H,4-5,12H2,1-3H3,(H,22,25)(H,23,26). The molecule has 1 aromatic carbocycles. The molecule has 1 unspecified atom stereocenters. The lowest BCUT2D eigenvalue weighted by Gasteiger charge is -2.16. The molecular formula is C19H23N5O5S. The summed E-state index contributed by atoms with van der Waals surface area (Å²) < 4.78 is 31.9. The molecule has 0 aliphatic carbocycles. The summed E-state index contributed by atoms with van der Waals surface area (Å²) in [7, 11) is -2.59. The van der Waals surface area contributed by atoms with E-state index in [4.69, 9.17) is 10.00 Å². The van der Waals surface area contributed by atoms with Crippen molar-refractivity contribution >= 4 is 33.2 Å². The molecule has 0 saturated heterocycles. The average Bonchev–Trinajstić information content (AvgIpc) is 3.03. The van der Waals surface area contributed by atoms with E-state index in [9.17, 15) is 18.0 Å². The van der Waals surface area contributed by atoms with Crippen LogP contribution in [-0.2, 0) is 26.5 Å². The van der Waals surface area contributed by atoms with Gasteiger partial charge in [-0.3, -0.25) is 14.3 Å². The third-order valence-corrected chi connectivity index (χ3v) is 6.26. The number of aryl methyl sites for hydroxylation is 1. The Kier molecular flexibility index (Phi) is 7.54. The number of anilines is 2. The van der Waals surface area contributed by atoms with Crippen LogP contribution in [0, 0.1) is 11.3 Å². The lowest BCUT2D eigenvalue weighted by Crippen LogP contribution is -2.39. The summed E-state index contributed by atoms with van der Waals surface area (Å²) >= 11 is 0. The van der Waals surface area contributed by atoms with Crippen LogP contribution in [0.15, 0.2) is 30.5 Å². The first kappa shape index (κ1) is 22.9. The fourth-order valence-corrected chi connectivity index (χ4v) is 4.28. The topological polar surface area (TPSA) is 143 Å². The largest absolute Gasteiger partial charge is 0.494 e. The summed E-state index contributed by atoms with van der Waals surface area (Å²) in [5.74, 6) is -1.73. The molecule has 160 valence electrons. The second-order valence-corrected chi connectivity index (χ2v) is 8.52. The lowest BCUT2D eigenvalue weighted by molar-refractivity contribution is -0.115. The third kappa shape index (κ3) is 5.57. The van der Waals surface area contributed by atoms with E-state index in [1.807, 2.05) is 13.0 Å². The van der Waals surface area contributed by atoms with Crippen LogP contribution in [0.25, 0.3) is 0 Å². The second-order valence-electron chi connectivity index (χ2n) is 6.34. The number of amides is 2. The first-order chi connectivity index (χ1) is 14.2. The van der Waals surface area contributed by atoms with E-state index < -0.39 is 32.7 Å². The van der Waals surface area contributed by atoms with Crippen LogP contribution in [0.2, 0.25) is 0 Å². The number of nitriles is 1. The molecule has 1 atom stereocenters. The van der Waals surface area contributed by atoms with Crippen molar-refractivity contribution in [2.75, 3.05) is 23.0 Å². The van der Waals surface area contributed by atoms with Gasteiger partial charge in [0.1, 0.15) is 34.2 Å². The zero-order valence-corrected chi connectivity index (χ0v) is 17.7. The Morgan fingerprint density at radius 2 is 1.90 bits per heavy atom. The van der Waals surface area contributed by atoms with Crippen LogP contribution in [-0.4, -0.2) is 47.6 Å². The van der Waals surface area contributed by atoms with Gasteiger partial charge in [-0.2, -0.15) is 10.4 Å². The number of hydrogen-bond donors (Lipinski definition) is 2. The highest BCUT2D eigenvalue weighted by atomic mass is 32.2. The Morgan fingerprint density at radius 1 is 1.23 bits per heavy atom. The van der Waals surface area contributed by atoms with E-state index >= 15 is 0 Å². The normalized spacial score (nSPS) is 11.9. The Morgan fingerprint density at radius 3 is 2.47 bits per heavy atom. The van der Waals surface area contributed by atoms with Crippen LogP contribution < -0.4 is 15.4 Å². The molecule has 2 aromatic rings. The maximum Gasteiger partial charge on any atom is 0.243 e. The van der Waals surface area contributed by atoms with Crippen molar-refractivity contribution in [1.29, 1.82) is 5.26 Å². The predicted octanol–water partition coefficient (Wildman–Crippen LogP) is 1.46. The monoisotopic (exact) mass is 433 g/mol. The zero-order valence-electron chi connectivity index (χ0n) is 16.9. The fraction of sp³-hybridized carbons (Fsp3) is 0.368. The molecule has 1 aromatic heterocycles. The molecule has 0 aliphatic heterocycles. The van der Waals surface area contributed by atoms with Gasteiger partial charge in [0.05, 0.1) is 12.8 Å². The van der Waals surface area contributed by atoms with Gasteiger partial charge in [-0.1, -0.05) is 6.92 Å². The molecule has 30 heavy (non-hydrogen) atoms. The first-order valence-corrected chi connectivity index (χ1v) is 10.9. The van der Waals surface area contributed by atoms with Gasteiger partial charge in [-0.25, -0.2) is 8.42 Å². The molecule has 11 heteroatoms. The van der Waals surface area contributed by atoms with E-state index in [0.717, 1.165) is 0 Å². The van der Waals surface area contributed by atoms with Crippen molar-refractivity contribution in [2.45, 2.75) is 25.5 Å². The van der Waals surface area contributed by atoms with Crippen molar-refractivity contribution in [1.82, 2.24) is 9.78 Å². The first-order valence-electron chi connectivity index (χ1n) is 9.19. The van der Waals surface area contributed by atoms with E-state index in [1.54, 1.807) is 24.3 Å². The van der Waals surface area contributed by atoms with E-state index in [2.05, 4.69) is 15.7 Å². The average molecular weight is 433 g/mol. The minimum Gasteiger partial charge on any atom is -0.494 e. The maximum atomic E-state index is 12.7. The third-order valence-electron chi connectivity index (χ3n) is 4.18. The zero-order chi connectivity index (χ0) is 22.3. The van der Waals surface area contributed by atoms with Crippen molar-refractivity contribution in [3.05, 3.63) is 36.0 Å². The van der Waals surface area contributed by atoms with Gasteiger partial charge in [-0.15, -0.1) is 0 Å². The number of carbonyl (C=O) groups excluding carboxylic acids is 2. The van der Waals surface area contributed by atoms with E-state index in [-0.39, 0.29) is 17.8 Å². The Balaban J connectivity index is 2.07. The molecule has 10 nitrogen and oxygen atoms in total. The van der Waals surface area contributed by atoms with Gasteiger partial charge in [-0.05, 0) is 37.6 Å². The number of hydrogen-bond acceptors (Lipinski definition) is 7. The maximum absolute atomic E-state index is 12.7. The molecule has 0 aliphatic rings. The molecule has 2 rings (SSSR count). The van der Waals surface area contributed by atoms with E-state index in [0.29, 0.717) is 18.0 Å². The highest BCUT2D eigenvalue weighted by Gasteiger charge is 2.33. The summed E-state index contributed by atoms with van der Waals surface area (Å²) in [6, 6.07) is 8.34. The summed E-state index contributed by atoms with van der Waals surface area (Å²) in [5.41, 5.74) is 0.510. The van der Waals surface area contributed by atoms with Gasteiger partial charge in [0.25, 0.3) is 0 Å². The Hall–Kier alpha value is -3.39. The second kappa shape index (κ2) is 9.89. The number of carbonyl (C=O) groups is 2. The smallest absolute Gasteiger partial charge is 0.243 e. The van der Waals surface area contributed by atoms with E-state index in [1.165, 1.54) is 24.9 Å². The number of nitrogens with one attached hydrogen (secondary N) is 2. The van der Waals surface area contributed by atoms with Gasteiger partial charge in [0.2, 0.25) is 11.8 Å². The van der Waals surface area contributed by atoms with Crippen LogP contribution >= 0.6 is 0 Å². The van der Waals surface area contributed by atoms with Crippen molar-refractivity contribution in [3.8, 4) is 11.8 Å². The molecule has 2 amide bonds. The number of sulfone groups is 1. The Labute approximate surface area is 174 Å². The van der Waals surface area contributed by atoms with Crippen LogP contribution in [0.1, 0.15) is 25.8 Å². The summed E-state index contributed by atoms with van der Waals surface area (Å²) in [4.78, 5) is 24.8. The lowest BCUT2D eigenvalue weighted by atomic mass is 10.3. The number of aromatic nitrogens is 2. The molecule has 0 spiro atoms. The fourth-order valence-electron chi connectivity index (χ4n) is 2.75. The number of benzene rings is 1. The number of ether oxygens (including phenoxy) is 1. The molecular weight excluding hydrogens is 410 g/mol. The molecule has 0 radical (unpaired) electrons. The van der Waals surface area contributed by atoms with Crippen molar-refractivity contribution in [3.63, 3.8) is 0 Å². The quantitative estimate of drug-likeness (QED) is 0.609. The van der Waals surface area contributed by atoms with Gasteiger partial charge < -0.3 is 15.4 Å². The highest BCUT2D eigenvalue weighted by molar-refractivity contribution is 7.93. The number of nitrogens with zero attached hydrogens (tertiary/aromatic N) is 3. The molecule has 0 fully saturated rings. The van der Waals surface area contributed by atoms with Crippen LogP contribution in [0.3, 0.4) is 0 Å². The number of rotatable bonds is 9. The van der Waals surface area contributed by atoms with Crippen molar-refractivity contribution < 1.29 is 22.7 Å². The Bertz CT molecular complexity index is 1050. The van der Waals surface area contributed by atoms with Crippen LogP contribution in [0.5, 0.6) is 5.75 Å². The predicted molar refractivity (Wildman–Crippen MR) is 111 cm³/mol. The summed E-state index contributed by atoms with van der Waals surface area (Å²) in [6.45, 7) is 3.87.